The molecule has 0 saturated heterocycles. The maximum Gasteiger partial charge on any atom is 0.307 e. The van der Waals surface area contributed by atoms with Crippen molar-refractivity contribution in [2.75, 3.05) is 0 Å². The van der Waals surface area contributed by atoms with Crippen molar-refractivity contribution < 1.29 is 19.9 Å². The van der Waals surface area contributed by atoms with Gasteiger partial charge in [0, 0.05) is 4.90 Å². The van der Waals surface area contributed by atoms with Crippen molar-refractivity contribution in [2.45, 2.75) is 16.2 Å². The van der Waals surface area contributed by atoms with Gasteiger partial charge in [-0.25, -0.2) is 0 Å². The van der Waals surface area contributed by atoms with E-state index < -0.39 is 10.9 Å². The standard InChI is InChI=1S/C14H11NO5S/c16-10-3-6-13(12(8-10)15(19)20)21-11-4-1-9(2-5-11)7-14(17)18/h1-6,8,16H,7H2,(H,17,18). The lowest BCUT2D eigenvalue weighted by Crippen LogP contribution is -1.99. The fourth-order valence-electron chi connectivity index (χ4n) is 1.71. The summed E-state index contributed by atoms with van der Waals surface area (Å²) >= 11 is 1.18. The summed E-state index contributed by atoms with van der Waals surface area (Å²) in [6, 6.07) is 10.7. The minimum Gasteiger partial charge on any atom is -0.508 e. The Morgan fingerprint density at radius 3 is 2.43 bits per heavy atom. The van der Waals surface area contributed by atoms with Gasteiger partial charge in [-0.15, -0.1) is 0 Å². The number of phenols is 1. The molecular formula is C14H11NO5S. The van der Waals surface area contributed by atoms with Gasteiger partial charge in [-0.3, -0.25) is 14.9 Å². The third-order valence-electron chi connectivity index (χ3n) is 2.65. The third kappa shape index (κ3) is 3.96. The minimum atomic E-state index is -0.912. The van der Waals surface area contributed by atoms with Gasteiger partial charge in [0.25, 0.3) is 5.69 Å². The number of nitrogens with zero attached hydrogens (tertiary/aromatic N) is 1. The van der Waals surface area contributed by atoms with Crippen molar-refractivity contribution in [2.24, 2.45) is 0 Å². The van der Waals surface area contributed by atoms with Crippen molar-refractivity contribution in [1.82, 2.24) is 0 Å². The smallest absolute Gasteiger partial charge is 0.307 e. The number of nitro groups is 1. The van der Waals surface area contributed by atoms with E-state index in [1.54, 1.807) is 24.3 Å². The lowest BCUT2D eigenvalue weighted by atomic mass is 10.2. The van der Waals surface area contributed by atoms with E-state index in [1.807, 2.05) is 0 Å². The molecule has 0 fully saturated rings. The van der Waals surface area contributed by atoms with Crippen LogP contribution in [0.15, 0.2) is 52.3 Å². The Balaban J connectivity index is 2.22. The molecule has 0 saturated carbocycles. The van der Waals surface area contributed by atoms with Crippen LogP contribution in [0.2, 0.25) is 0 Å². The highest BCUT2D eigenvalue weighted by Gasteiger charge is 2.15. The summed E-state index contributed by atoms with van der Waals surface area (Å²) in [5.74, 6) is -1.08. The number of aromatic hydroxyl groups is 1. The molecule has 108 valence electrons. The molecule has 7 heteroatoms. The van der Waals surface area contributed by atoms with Crippen LogP contribution < -0.4 is 0 Å². The highest BCUT2D eigenvalue weighted by atomic mass is 32.2. The molecule has 0 atom stereocenters. The van der Waals surface area contributed by atoms with Gasteiger partial charge >= 0.3 is 5.97 Å². The molecule has 2 aromatic rings. The van der Waals surface area contributed by atoms with Crippen LogP contribution in [0.25, 0.3) is 0 Å². The molecule has 2 aromatic carbocycles. The molecular weight excluding hydrogens is 294 g/mol. The average Bonchev–Trinajstić information content (AvgIpc) is 2.42. The van der Waals surface area contributed by atoms with E-state index in [4.69, 9.17) is 5.11 Å². The number of carboxylic acid groups (broad SMARTS) is 1. The van der Waals surface area contributed by atoms with Crippen LogP contribution in [-0.4, -0.2) is 21.1 Å². The van der Waals surface area contributed by atoms with Crippen molar-refractivity contribution >= 4 is 23.4 Å². The number of benzene rings is 2. The molecule has 0 aliphatic carbocycles. The molecule has 0 heterocycles. The lowest BCUT2D eigenvalue weighted by molar-refractivity contribution is -0.387. The van der Waals surface area contributed by atoms with Crippen LogP contribution in [0.1, 0.15) is 5.56 Å². The van der Waals surface area contributed by atoms with Gasteiger partial charge in [-0.2, -0.15) is 0 Å². The first-order valence-electron chi connectivity index (χ1n) is 5.91. The van der Waals surface area contributed by atoms with Gasteiger partial charge in [-0.05, 0) is 29.8 Å². The minimum absolute atomic E-state index is 0.0652. The number of phenolic OH excluding ortho intramolecular Hbond substituents is 1. The van der Waals surface area contributed by atoms with Crippen LogP contribution >= 0.6 is 11.8 Å². The number of carbonyl (C=O) groups is 1. The molecule has 0 aliphatic rings. The highest BCUT2D eigenvalue weighted by Crippen LogP contribution is 2.36. The van der Waals surface area contributed by atoms with Crippen LogP contribution in [-0.2, 0) is 11.2 Å². The van der Waals surface area contributed by atoms with Gasteiger partial charge in [0.05, 0.1) is 22.3 Å². The van der Waals surface area contributed by atoms with Crippen LogP contribution in [0.3, 0.4) is 0 Å². The van der Waals surface area contributed by atoms with E-state index >= 15 is 0 Å². The third-order valence-corrected chi connectivity index (χ3v) is 3.72. The van der Waals surface area contributed by atoms with Crippen molar-refractivity contribution in [3.05, 3.63) is 58.1 Å². The second-order valence-corrected chi connectivity index (χ2v) is 5.34. The average molecular weight is 305 g/mol. The Hall–Kier alpha value is -2.54. The van der Waals surface area contributed by atoms with Crippen molar-refractivity contribution in [1.29, 1.82) is 0 Å². The lowest BCUT2D eigenvalue weighted by Gasteiger charge is -2.04. The van der Waals surface area contributed by atoms with E-state index in [1.165, 1.54) is 23.9 Å². The molecule has 0 radical (unpaired) electrons. The number of hydrogen-bond acceptors (Lipinski definition) is 5. The van der Waals surface area contributed by atoms with E-state index in [0.29, 0.717) is 10.5 Å². The molecule has 21 heavy (non-hydrogen) atoms. The Kier molecular flexibility index (Phi) is 4.44. The molecule has 6 nitrogen and oxygen atoms in total. The zero-order valence-electron chi connectivity index (χ0n) is 10.7. The Bertz CT molecular complexity index is 684. The Morgan fingerprint density at radius 1 is 1.19 bits per heavy atom. The summed E-state index contributed by atoms with van der Waals surface area (Å²) in [6.07, 6.45) is -0.0652. The van der Waals surface area contributed by atoms with Gasteiger partial charge in [0.2, 0.25) is 0 Å². The quantitative estimate of drug-likeness (QED) is 0.650. The second kappa shape index (κ2) is 6.27. The summed E-state index contributed by atoms with van der Waals surface area (Å²) < 4.78 is 0. The normalized spacial score (nSPS) is 10.3. The number of rotatable bonds is 5. The fraction of sp³-hybridized carbons (Fsp3) is 0.0714. The van der Waals surface area contributed by atoms with E-state index in [9.17, 15) is 20.0 Å². The number of carboxylic acids is 1. The Labute approximate surface area is 124 Å². The molecule has 2 N–H and O–H groups in total. The van der Waals surface area contributed by atoms with Gasteiger partial charge in [0.15, 0.2) is 0 Å². The first-order valence-corrected chi connectivity index (χ1v) is 6.73. The van der Waals surface area contributed by atoms with Crippen LogP contribution in [0.4, 0.5) is 5.69 Å². The number of aliphatic carboxylic acids is 1. The topological polar surface area (TPSA) is 101 Å². The van der Waals surface area contributed by atoms with Gasteiger partial charge in [0.1, 0.15) is 5.75 Å². The van der Waals surface area contributed by atoms with Crippen molar-refractivity contribution in [3.8, 4) is 5.75 Å². The first kappa shape index (κ1) is 14.9. The highest BCUT2D eigenvalue weighted by molar-refractivity contribution is 7.99. The predicted molar refractivity (Wildman–Crippen MR) is 76.7 cm³/mol. The van der Waals surface area contributed by atoms with Crippen LogP contribution in [0, 0.1) is 10.1 Å². The summed E-state index contributed by atoms with van der Waals surface area (Å²) in [5.41, 5.74) is 0.488. The molecule has 0 aliphatic heterocycles. The first-order chi connectivity index (χ1) is 9.95. The zero-order chi connectivity index (χ0) is 15.4. The Morgan fingerprint density at radius 2 is 1.86 bits per heavy atom. The number of nitro benzene ring substituents is 1. The summed E-state index contributed by atoms with van der Waals surface area (Å²) in [6.45, 7) is 0. The van der Waals surface area contributed by atoms with Crippen LogP contribution in [0.5, 0.6) is 5.75 Å². The molecule has 0 amide bonds. The van der Waals surface area contributed by atoms with E-state index in [2.05, 4.69) is 0 Å². The maximum atomic E-state index is 11.0. The monoisotopic (exact) mass is 305 g/mol. The zero-order valence-corrected chi connectivity index (χ0v) is 11.5. The van der Waals surface area contributed by atoms with Gasteiger partial charge < -0.3 is 10.2 Å². The largest absolute Gasteiger partial charge is 0.508 e. The second-order valence-electron chi connectivity index (χ2n) is 4.23. The summed E-state index contributed by atoms with van der Waals surface area (Å²) in [4.78, 5) is 22.1. The molecule has 0 bridgehead atoms. The SMILES string of the molecule is O=C(O)Cc1ccc(Sc2ccc(O)cc2[N+](=O)[O-])cc1. The summed E-state index contributed by atoms with van der Waals surface area (Å²) in [5, 5.41) is 28.9. The van der Waals surface area contributed by atoms with Crippen molar-refractivity contribution in [3.63, 3.8) is 0 Å². The van der Waals surface area contributed by atoms with E-state index in [-0.39, 0.29) is 17.9 Å². The predicted octanol–water partition coefficient (Wildman–Crippen LogP) is 3.08. The maximum absolute atomic E-state index is 11.0. The molecule has 2 rings (SSSR count). The molecule has 0 unspecified atom stereocenters. The van der Waals surface area contributed by atoms with Gasteiger partial charge in [-0.1, -0.05) is 23.9 Å². The van der Waals surface area contributed by atoms with E-state index in [0.717, 1.165) is 11.0 Å². The number of hydrogen-bond donors (Lipinski definition) is 2. The molecule has 0 aromatic heterocycles. The fourth-order valence-corrected chi connectivity index (χ4v) is 2.61. The molecule has 0 spiro atoms. The summed E-state index contributed by atoms with van der Waals surface area (Å²) in [7, 11) is 0.